The number of aldehydes is 1. The SMILES string of the molecule is CN(c1ccc(C=O)cc1F)C1CCCCCC1. The van der Waals surface area contributed by atoms with Crippen molar-refractivity contribution in [2.75, 3.05) is 11.9 Å². The third-order valence-electron chi connectivity index (χ3n) is 3.86. The molecule has 0 amide bonds. The second kappa shape index (κ2) is 5.98. The summed E-state index contributed by atoms with van der Waals surface area (Å²) in [5, 5.41) is 0. The molecule has 0 radical (unpaired) electrons. The van der Waals surface area contributed by atoms with E-state index in [2.05, 4.69) is 0 Å². The molecule has 2 rings (SSSR count). The Morgan fingerprint density at radius 1 is 1.22 bits per heavy atom. The van der Waals surface area contributed by atoms with Crippen LogP contribution in [-0.2, 0) is 0 Å². The van der Waals surface area contributed by atoms with Gasteiger partial charge in [-0.15, -0.1) is 0 Å². The van der Waals surface area contributed by atoms with Crippen LogP contribution in [0.25, 0.3) is 0 Å². The first-order valence-electron chi connectivity index (χ1n) is 6.70. The zero-order chi connectivity index (χ0) is 13.0. The molecule has 1 aromatic carbocycles. The van der Waals surface area contributed by atoms with Crippen molar-refractivity contribution in [1.29, 1.82) is 0 Å². The van der Waals surface area contributed by atoms with E-state index in [1.165, 1.54) is 31.7 Å². The summed E-state index contributed by atoms with van der Waals surface area (Å²) in [4.78, 5) is 12.6. The van der Waals surface area contributed by atoms with Gasteiger partial charge in [0.05, 0.1) is 5.69 Å². The molecule has 0 atom stereocenters. The Balaban J connectivity index is 2.16. The number of carbonyl (C=O) groups is 1. The molecular weight excluding hydrogens is 229 g/mol. The molecule has 1 aromatic rings. The van der Waals surface area contributed by atoms with Gasteiger partial charge in [0.2, 0.25) is 0 Å². The molecular formula is C15H20FNO. The number of hydrogen-bond donors (Lipinski definition) is 0. The van der Waals surface area contributed by atoms with E-state index in [9.17, 15) is 9.18 Å². The number of hydrogen-bond acceptors (Lipinski definition) is 2. The van der Waals surface area contributed by atoms with E-state index in [0.717, 1.165) is 12.8 Å². The molecule has 0 unspecified atom stereocenters. The second-order valence-electron chi connectivity index (χ2n) is 5.08. The van der Waals surface area contributed by atoms with Gasteiger partial charge in [-0.1, -0.05) is 25.7 Å². The number of nitrogens with zero attached hydrogens (tertiary/aromatic N) is 1. The molecule has 0 saturated heterocycles. The summed E-state index contributed by atoms with van der Waals surface area (Å²) in [7, 11) is 1.95. The van der Waals surface area contributed by atoms with Crippen LogP contribution >= 0.6 is 0 Å². The Bertz CT molecular complexity index is 411. The maximum atomic E-state index is 13.9. The lowest BCUT2D eigenvalue weighted by atomic mass is 10.1. The average Bonchev–Trinajstić information content (AvgIpc) is 2.66. The quantitative estimate of drug-likeness (QED) is 0.600. The van der Waals surface area contributed by atoms with E-state index >= 15 is 0 Å². The third kappa shape index (κ3) is 2.89. The third-order valence-corrected chi connectivity index (χ3v) is 3.86. The van der Waals surface area contributed by atoms with E-state index in [-0.39, 0.29) is 5.82 Å². The number of rotatable bonds is 3. The van der Waals surface area contributed by atoms with Crippen molar-refractivity contribution in [2.45, 2.75) is 44.6 Å². The van der Waals surface area contributed by atoms with Gasteiger partial charge in [0.15, 0.2) is 0 Å². The maximum Gasteiger partial charge on any atom is 0.150 e. The summed E-state index contributed by atoms with van der Waals surface area (Å²) in [5.74, 6) is -0.300. The number of carbonyl (C=O) groups excluding carboxylic acids is 1. The molecule has 1 saturated carbocycles. The first-order valence-corrected chi connectivity index (χ1v) is 6.70. The lowest BCUT2D eigenvalue weighted by Gasteiger charge is -2.29. The fourth-order valence-electron chi connectivity index (χ4n) is 2.72. The molecule has 3 heteroatoms. The van der Waals surface area contributed by atoms with Gasteiger partial charge < -0.3 is 4.90 Å². The summed E-state index contributed by atoms with van der Waals surface area (Å²) >= 11 is 0. The van der Waals surface area contributed by atoms with E-state index in [4.69, 9.17) is 0 Å². The van der Waals surface area contributed by atoms with Crippen molar-refractivity contribution in [3.8, 4) is 0 Å². The van der Waals surface area contributed by atoms with Crippen LogP contribution in [0.1, 0.15) is 48.9 Å². The normalized spacial score (nSPS) is 17.2. The van der Waals surface area contributed by atoms with Gasteiger partial charge in [0.1, 0.15) is 12.1 Å². The Hall–Kier alpha value is -1.38. The Morgan fingerprint density at radius 3 is 2.44 bits per heavy atom. The number of anilines is 1. The Morgan fingerprint density at radius 2 is 1.89 bits per heavy atom. The van der Waals surface area contributed by atoms with Crippen LogP contribution in [0, 0.1) is 5.82 Å². The van der Waals surface area contributed by atoms with Crippen LogP contribution in [0.2, 0.25) is 0 Å². The fourth-order valence-corrected chi connectivity index (χ4v) is 2.72. The fraction of sp³-hybridized carbons (Fsp3) is 0.533. The lowest BCUT2D eigenvalue weighted by molar-refractivity contribution is 0.112. The van der Waals surface area contributed by atoms with Crippen molar-refractivity contribution >= 4 is 12.0 Å². The number of halogens is 1. The van der Waals surface area contributed by atoms with Crippen LogP contribution in [0.5, 0.6) is 0 Å². The summed E-state index contributed by atoms with van der Waals surface area (Å²) < 4.78 is 13.9. The summed E-state index contributed by atoms with van der Waals surface area (Å²) in [5.41, 5.74) is 0.998. The van der Waals surface area contributed by atoms with Gasteiger partial charge in [0.25, 0.3) is 0 Å². The smallest absolute Gasteiger partial charge is 0.150 e. The molecule has 98 valence electrons. The molecule has 2 nitrogen and oxygen atoms in total. The molecule has 1 aliphatic carbocycles. The molecule has 1 fully saturated rings. The van der Waals surface area contributed by atoms with E-state index < -0.39 is 0 Å². The van der Waals surface area contributed by atoms with Crippen LogP contribution in [0.4, 0.5) is 10.1 Å². The summed E-state index contributed by atoms with van der Waals surface area (Å²) in [6, 6.07) is 5.13. The van der Waals surface area contributed by atoms with Crippen LogP contribution in [0.15, 0.2) is 18.2 Å². The van der Waals surface area contributed by atoms with Gasteiger partial charge in [-0.05, 0) is 31.0 Å². The van der Waals surface area contributed by atoms with Crippen molar-refractivity contribution in [2.24, 2.45) is 0 Å². The molecule has 0 aliphatic heterocycles. The minimum atomic E-state index is -0.300. The zero-order valence-corrected chi connectivity index (χ0v) is 10.9. The largest absolute Gasteiger partial charge is 0.369 e. The van der Waals surface area contributed by atoms with Gasteiger partial charge in [-0.3, -0.25) is 4.79 Å². The van der Waals surface area contributed by atoms with Gasteiger partial charge >= 0.3 is 0 Å². The Labute approximate surface area is 108 Å². The van der Waals surface area contributed by atoms with Crippen molar-refractivity contribution in [1.82, 2.24) is 0 Å². The standard InChI is InChI=1S/C15H20FNO/c1-17(13-6-4-2-3-5-7-13)15-9-8-12(11-18)10-14(15)16/h8-11,13H,2-7H2,1H3. The highest BCUT2D eigenvalue weighted by Gasteiger charge is 2.19. The molecule has 0 heterocycles. The van der Waals surface area contributed by atoms with Crippen LogP contribution in [-0.4, -0.2) is 19.4 Å². The monoisotopic (exact) mass is 249 g/mol. The topological polar surface area (TPSA) is 20.3 Å². The lowest BCUT2D eigenvalue weighted by Crippen LogP contribution is -2.31. The van der Waals surface area contributed by atoms with Crippen molar-refractivity contribution in [3.63, 3.8) is 0 Å². The minimum absolute atomic E-state index is 0.300. The van der Waals surface area contributed by atoms with Crippen molar-refractivity contribution < 1.29 is 9.18 Å². The molecule has 0 spiro atoms. The molecule has 1 aliphatic rings. The molecule has 0 bridgehead atoms. The molecule has 18 heavy (non-hydrogen) atoms. The molecule has 0 aromatic heterocycles. The summed E-state index contributed by atoms with van der Waals surface area (Å²) in [6.45, 7) is 0. The molecule has 0 N–H and O–H groups in total. The second-order valence-corrected chi connectivity index (χ2v) is 5.08. The Kier molecular flexibility index (Phi) is 4.34. The predicted octanol–water partition coefficient (Wildman–Crippen LogP) is 3.80. The first-order chi connectivity index (χ1) is 8.72. The van der Waals surface area contributed by atoms with Crippen molar-refractivity contribution in [3.05, 3.63) is 29.6 Å². The van der Waals surface area contributed by atoms with Crippen LogP contribution < -0.4 is 4.90 Å². The predicted molar refractivity (Wildman–Crippen MR) is 71.7 cm³/mol. The van der Waals surface area contributed by atoms with E-state index in [1.807, 2.05) is 11.9 Å². The van der Waals surface area contributed by atoms with Gasteiger partial charge in [-0.2, -0.15) is 0 Å². The highest BCUT2D eigenvalue weighted by molar-refractivity contribution is 5.76. The minimum Gasteiger partial charge on any atom is -0.369 e. The average molecular weight is 249 g/mol. The summed E-state index contributed by atoms with van der Waals surface area (Å²) in [6.07, 6.45) is 7.97. The van der Waals surface area contributed by atoms with E-state index in [1.54, 1.807) is 12.1 Å². The van der Waals surface area contributed by atoms with Gasteiger partial charge in [0, 0.05) is 18.7 Å². The maximum absolute atomic E-state index is 13.9. The highest BCUT2D eigenvalue weighted by atomic mass is 19.1. The number of benzene rings is 1. The zero-order valence-electron chi connectivity index (χ0n) is 10.9. The van der Waals surface area contributed by atoms with Gasteiger partial charge in [-0.25, -0.2) is 4.39 Å². The first kappa shape index (κ1) is 13.1. The van der Waals surface area contributed by atoms with Crippen LogP contribution in [0.3, 0.4) is 0 Å². The highest BCUT2D eigenvalue weighted by Crippen LogP contribution is 2.27. The van der Waals surface area contributed by atoms with E-state index in [0.29, 0.717) is 23.6 Å².